The van der Waals surface area contributed by atoms with E-state index in [0.29, 0.717) is 18.1 Å². The van der Waals surface area contributed by atoms with Gasteiger partial charge in [0.2, 0.25) is 0 Å². The van der Waals surface area contributed by atoms with Crippen molar-refractivity contribution in [3.63, 3.8) is 0 Å². The Hall–Kier alpha value is -1.15. The highest BCUT2D eigenvalue weighted by Gasteiger charge is 2.29. The third kappa shape index (κ3) is 3.42. The van der Waals surface area contributed by atoms with E-state index in [1.807, 2.05) is 6.07 Å². The first kappa shape index (κ1) is 13.3. The number of Topliss-reactive ketones (excluding diaryl/α,β-unsaturated/α-hetero) is 1. The molecular formula is C16H22O2. The van der Waals surface area contributed by atoms with Crippen molar-refractivity contribution in [2.45, 2.75) is 51.0 Å². The Morgan fingerprint density at radius 2 is 2.06 bits per heavy atom. The summed E-state index contributed by atoms with van der Waals surface area (Å²) >= 11 is 0. The van der Waals surface area contributed by atoms with Gasteiger partial charge in [-0.1, -0.05) is 30.3 Å². The summed E-state index contributed by atoms with van der Waals surface area (Å²) in [7, 11) is 0. The first-order chi connectivity index (χ1) is 8.66. The molecule has 1 N–H and O–H groups in total. The average Bonchev–Trinajstić information content (AvgIpc) is 2.38. The van der Waals surface area contributed by atoms with Gasteiger partial charge in [-0.05, 0) is 44.1 Å². The fourth-order valence-corrected chi connectivity index (χ4v) is 2.86. The topological polar surface area (TPSA) is 37.3 Å². The Morgan fingerprint density at radius 1 is 1.33 bits per heavy atom. The number of hydrogen-bond acceptors (Lipinski definition) is 2. The van der Waals surface area contributed by atoms with Gasteiger partial charge >= 0.3 is 0 Å². The maximum absolute atomic E-state index is 11.9. The second kappa shape index (κ2) is 6.14. The van der Waals surface area contributed by atoms with E-state index in [9.17, 15) is 9.90 Å². The lowest BCUT2D eigenvalue weighted by molar-refractivity contribution is -0.125. The highest BCUT2D eigenvalue weighted by Crippen LogP contribution is 2.36. The van der Waals surface area contributed by atoms with Crippen LogP contribution in [0, 0.1) is 5.92 Å². The molecule has 2 nitrogen and oxygen atoms in total. The van der Waals surface area contributed by atoms with Crippen LogP contribution in [0.25, 0.3) is 0 Å². The smallest absolute Gasteiger partial charge is 0.136 e. The first-order valence-corrected chi connectivity index (χ1v) is 6.92. The molecule has 0 amide bonds. The summed E-state index contributed by atoms with van der Waals surface area (Å²) in [5.74, 6) is 1.06. The molecule has 0 spiro atoms. The maximum atomic E-state index is 11.9. The minimum absolute atomic E-state index is 0.151. The molecule has 0 bridgehead atoms. The van der Waals surface area contributed by atoms with Crippen LogP contribution in [0.4, 0.5) is 0 Å². The van der Waals surface area contributed by atoms with Crippen molar-refractivity contribution in [2.75, 3.05) is 0 Å². The van der Waals surface area contributed by atoms with Gasteiger partial charge in [0.05, 0.1) is 6.10 Å². The first-order valence-electron chi connectivity index (χ1n) is 6.92. The van der Waals surface area contributed by atoms with E-state index in [4.69, 9.17) is 0 Å². The number of aliphatic hydroxyl groups is 1. The molecule has 0 heterocycles. The highest BCUT2D eigenvalue weighted by molar-refractivity contribution is 5.82. The zero-order valence-corrected chi connectivity index (χ0v) is 11.0. The van der Waals surface area contributed by atoms with Crippen LogP contribution in [-0.2, 0) is 4.79 Å². The maximum Gasteiger partial charge on any atom is 0.136 e. The van der Waals surface area contributed by atoms with Crippen LogP contribution in [0.15, 0.2) is 30.3 Å². The Kier molecular flexibility index (Phi) is 4.54. The summed E-state index contributed by atoms with van der Waals surface area (Å²) in [5, 5.41) is 9.34. The zero-order chi connectivity index (χ0) is 13.0. The van der Waals surface area contributed by atoms with Gasteiger partial charge in [0.1, 0.15) is 5.78 Å². The van der Waals surface area contributed by atoms with Gasteiger partial charge in [0.25, 0.3) is 0 Å². The minimum Gasteiger partial charge on any atom is -0.393 e. The molecule has 1 fully saturated rings. The van der Waals surface area contributed by atoms with Crippen molar-refractivity contribution in [3.8, 4) is 0 Å². The zero-order valence-electron chi connectivity index (χ0n) is 11.0. The number of hydrogen-bond donors (Lipinski definition) is 1. The van der Waals surface area contributed by atoms with Crippen molar-refractivity contribution in [1.29, 1.82) is 0 Å². The van der Waals surface area contributed by atoms with E-state index in [0.717, 1.165) is 25.7 Å². The Balaban J connectivity index is 1.98. The summed E-state index contributed by atoms with van der Waals surface area (Å²) in [6.45, 7) is 1.79. The molecule has 0 radical (unpaired) electrons. The number of aliphatic hydroxyl groups excluding tert-OH is 1. The van der Waals surface area contributed by atoms with Crippen LogP contribution < -0.4 is 0 Å². The number of rotatable bonds is 4. The standard InChI is InChI=1S/C16H22O2/c1-12(17)7-8-15-11-14(9-10-16(15)18)13-5-3-2-4-6-13/h2-6,12,14-15,17H,7-11H2,1H3. The van der Waals surface area contributed by atoms with E-state index >= 15 is 0 Å². The van der Waals surface area contributed by atoms with E-state index in [2.05, 4.69) is 24.3 Å². The normalized spacial score (nSPS) is 26.0. The van der Waals surface area contributed by atoms with Gasteiger partial charge in [-0.25, -0.2) is 0 Å². The van der Waals surface area contributed by atoms with Crippen molar-refractivity contribution < 1.29 is 9.90 Å². The lowest BCUT2D eigenvalue weighted by Crippen LogP contribution is -2.24. The van der Waals surface area contributed by atoms with Crippen molar-refractivity contribution in [3.05, 3.63) is 35.9 Å². The molecule has 1 aromatic rings. The third-order valence-corrected chi connectivity index (χ3v) is 3.97. The molecule has 98 valence electrons. The van der Waals surface area contributed by atoms with Gasteiger partial charge in [0, 0.05) is 12.3 Å². The van der Waals surface area contributed by atoms with E-state index in [1.54, 1.807) is 6.92 Å². The summed E-state index contributed by atoms with van der Waals surface area (Å²) in [6, 6.07) is 10.5. The lowest BCUT2D eigenvalue weighted by atomic mass is 9.75. The summed E-state index contributed by atoms with van der Waals surface area (Å²) in [5.41, 5.74) is 1.35. The number of carbonyl (C=O) groups is 1. The molecule has 2 heteroatoms. The van der Waals surface area contributed by atoms with Crippen LogP contribution >= 0.6 is 0 Å². The third-order valence-electron chi connectivity index (χ3n) is 3.97. The Labute approximate surface area is 109 Å². The van der Waals surface area contributed by atoms with Crippen LogP contribution in [0.5, 0.6) is 0 Å². The molecule has 2 rings (SSSR count). The average molecular weight is 246 g/mol. The monoisotopic (exact) mass is 246 g/mol. The number of benzene rings is 1. The van der Waals surface area contributed by atoms with Crippen LogP contribution in [0.2, 0.25) is 0 Å². The molecular weight excluding hydrogens is 224 g/mol. The molecule has 0 aromatic heterocycles. The van der Waals surface area contributed by atoms with Crippen molar-refractivity contribution in [1.82, 2.24) is 0 Å². The largest absolute Gasteiger partial charge is 0.393 e. The van der Waals surface area contributed by atoms with Gasteiger partial charge in [-0.3, -0.25) is 4.79 Å². The number of carbonyl (C=O) groups excluding carboxylic acids is 1. The quantitative estimate of drug-likeness (QED) is 0.885. The fraction of sp³-hybridized carbons (Fsp3) is 0.562. The molecule has 1 saturated carbocycles. The van der Waals surface area contributed by atoms with Gasteiger partial charge in [0.15, 0.2) is 0 Å². The number of ketones is 1. The summed E-state index contributed by atoms with van der Waals surface area (Å²) < 4.78 is 0. The molecule has 1 aliphatic carbocycles. The van der Waals surface area contributed by atoms with Crippen molar-refractivity contribution >= 4 is 5.78 Å². The Morgan fingerprint density at radius 3 is 2.72 bits per heavy atom. The predicted molar refractivity (Wildman–Crippen MR) is 72.4 cm³/mol. The lowest BCUT2D eigenvalue weighted by Gasteiger charge is -2.28. The molecule has 1 aliphatic rings. The van der Waals surface area contributed by atoms with E-state index < -0.39 is 0 Å². The molecule has 3 unspecified atom stereocenters. The van der Waals surface area contributed by atoms with Gasteiger partial charge in [-0.2, -0.15) is 0 Å². The molecule has 0 aliphatic heterocycles. The fourth-order valence-electron chi connectivity index (χ4n) is 2.86. The molecule has 1 aromatic carbocycles. The molecule has 18 heavy (non-hydrogen) atoms. The van der Waals surface area contributed by atoms with Gasteiger partial charge in [-0.15, -0.1) is 0 Å². The molecule has 0 saturated heterocycles. The molecule has 3 atom stereocenters. The second-order valence-electron chi connectivity index (χ2n) is 5.47. The summed E-state index contributed by atoms with van der Waals surface area (Å²) in [6.07, 6.45) is 3.90. The summed E-state index contributed by atoms with van der Waals surface area (Å²) in [4.78, 5) is 11.9. The Bertz CT molecular complexity index is 383. The van der Waals surface area contributed by atoms with E-state index in [-0.39, 0.29) is 12.0 Å². The predicted octanol–water partition coefficient (Wildman–Crippen LogP) is 3.30. The SMILES string of the molecule is CC(O)CCC1CC(c2ccccc2)CCC1=O. The minimum atomic E-state index is -0.296. The van der Waals surface area contributed by atoms with Crippen LogP contribution in [0.1, 0.15) is 50.5 Å². The van der Waals surface area contributed by atoms with Crippen LogP contribution in [0.3, 0.4) is 0 Å². The van der Waals surface area contributed by atoms with E-state index in [1.165, 1.54) is 5.56 Å². The highest BCUT2D eigenvalue weighted by atomic mass is 16.3. The van der Waals surface area contributed by atoms with Crippen molar-refractivity contribution in [2.24, 2.45) is 5.92 Å². The van der Waals surface area contributed by atoms with Gasteiger partial charge < -0.3 is 5.11 Å². The van der Waals surface area contributed by atoms with Crippen LogP contribution in [-0.4, -0.2) is 17.0 Å². The second-order valence-corrected chi connectivity index (χ2v) is 5.47.